The highest BCUT2D eigenvalue weighted by molar-refractivity contribution is 6.30. The third kappa shape index (κ3) is 4.04. The van der Waals surface area contributed by atoms with E-state index in [9.17, 15) is 4.79 Å². The van der Waals surface area contributed by atoms with Crippen molar-refractivity contribution in [1.82, 2.24) is 14.9 Å². The molecule has 1 atom stereocenters. The lowest BCUT2D eigenvalue weighted by molar-refractivity contribution is -0.123. The van der Waals surface area contributed by atoms with Crippen LogP contribution in [0.1, 0.15) is 35.0 Å². The Morgan fingerprint density at radius 2 is 2.00 bits per heavy atom. The van der Waals surface area contributed by atoms with Crippen LogP contribution in [0, 0.1) is 0 Å². The van der Waals surface area contributed by atoms with Crippen LogP contribution in [0.15, 0.2) is 54.9 Å². The maximum Gasteiger partial charge on any atom is 0.258 e. The molecule has 28 heavy (non-hydrogen) atoms. The molecule has 4 rings (SSSR count). The van der Waals surface area contributed by atoms with Crippen molar-refractivity contribution >= 4 is 17.5 Å². The molecular formula is C22H22ClN3O2. The number of ether oxygens (including phenoxy) is 1. The summed E-state index contributed by atoms with van der Waals surface area (Å²) in [5, 5.41) is 3.68. The van der Waals surface area contributed by atoms with Gasteiger partial charge in [0.1, 0.15) is 17.6 Å². The number of aryl methyl sites for hydroxylation is 3. The van der Waals surface area contributed by atoms with Crippen molar-refractivity contribution in [3.63, 3.8) is 0 Å². The predicted octanol–water partition coefficient (Wildman–Crippen LogP) is 3.85. The lowest BCUT2D eigenvalue weighted by Crippen LogP contribution is -2.34. The molecule has 0 spiro atoms. The van der Waals surface area contributed by atoms with Gasteiger partial charge < -0.3 is 14.6 Å². The lowest BCUT2D eigenvalue weighted by atomic mass is 10.1. The molecule has 0 bridgehead atoms. The van der Waals surface area contributed by atoms with E-state index in [1.54, 1.807) is 18.3 Å². The van der Waals surface area contributed by atoms with Gasteiger partial charge in [0, 0.05) is 24.5 Å². The molecule has 1 N–H and O–H groups in total. The van der Waals surface area contributed by atoms with E-state index in [0.29, 0.717) is 5.02 Å². The average molecular weight is 396 g/mol. The molecule has 0 aliphatic heterocycles. The second kappa shape index (κ2) is 8.07. The number of hydrogen-bond acceptors (Lipinski definition) is 3. The smallest absolute Gasteiger partial charge is 0.258 e. The number of halogens is 1. The first-order chi connectivity index (χ1) is 13.6. The quantitative estimate of drug-likeness (QED) is 0.689. The molecule has 5 nitrogen and oxygen atoms in total. The molecule has 0 fully saturated rings. The van der Waals surface area contributed by atoms with Crippen LogP contribution in [0.5, 0.6) is 5.75 Å². The standard InChI is InChI=1S/C22H22ClN3O2/c1-26-12-11-24-22(26)21(16-5-8-18(23)9-6-16)25-20(27)14-28-19-10-7-15-3-2-4-17(15)13-19/h5-13,21H,2-4,14H2,1H3,(H,25,27)/t21-/m1/s1. The van der Waals surface area contributed by atoms with E-state index in [-0.39, 0.29) is 18.6 Å². The zero-order chi connectivity index (χ0) is 19.5. The van der Waals surface area contributed by atoms with Crippen LogP contribution in [0.3, 0.4) is 0 Å². The average Bonchev–Trinajstić information content (AvgIpc) is 3.33. The fourth-order valence-corrected chi connectivity index (χ4v) is 3.72. The van der Waals surface area contributed by atoms with Crippen molar-refractivity contribution in [2.75, 3.05) is 6.61 Å². The number of hydrogen-bond donors (Lipinski definition) is 1. The van der Waals surface area contributed by atoms with Crippen molar-refractivity contribution in [3.8, 4) is 5.75 Å². The number of nitrogens with zero attached hydrogens (tertiary/aromatic N) is 2. The summed E-state index contributed by atoms with van der Waals surface area (Å²) < 4.78 is 7.63. The fraction of sp³-hybridized carbons (Fsp3) is 0.273. The van der Waals surface area contributed by atoms with Gasteiger partial charge in [-0.1, -0.05) is 29.8 Å². The van der Waals surface area contributed by atoms with Gasteiger partial charge in [0.2, 0.25) is 0 Å². The number of carbonyl (C=O) groups is 1. The summed E-state index contributed by atoms with van der Waals surface area (Å²) in [6.07, 6.45) is 6.96. The minimum Gasteiger partial charge on any atom is -0.484 e. The maximum absolute atomic E-state index is 12.6. The summed E-state index contributed by atoms with van der Waals surface area (Å²) in [5.74, 6) is 1.27. The Morgan fingerprint density at radius 1 is 1.21 bits per heavy atom. The van der Waals surface area contributed by atoms with Gasteiger partial charge in [0.15, 0.2) is 6.61 Å². The van der Waals surface area contributed by atoms with E-state index in [4.69, 9.17) is 16.3 Å². The number of rotatable bonds is 6. The van der Waals surface area contributed by atoms with E-state index >= 15 is 0 Å². The molecule has 144 valence electrons. The van der Waals surface area contributed by atoms with Crippen LogP contribution in [-0.4, -0.2) is 22.1 Å². The van der Waals surface area contributed by atoms with E-state index in [1.807, 2.05) is 42.1 Å². The number of benzene rings is 2. The third-order valence-electron chi connectivity index (χ3n) is 5.07. The maximum atomic E-state index is 12.6. The van der Waals surface area contributed by atoms with Gasteiger partial charge in [0.25, 0.3) is 5.91 Å². The van der Waals surface area contributed by atoms with Crippen LogP contribution in [0.2, 0.25) is 5.02 Å². The van der Waals surface area contributed by atoms with Gasteiger partial charge in [-0.05, 0) is 60.2 Å². The molecule has 1 amide bonds. The highest BCUT2D eigenvalue weighted by Crippen LogP contribution is 2.26. The first-order valence-corrected chi connectivity index (χ1v) is 9.74. The SMILES string of the molecule is Cn1ccnc1[C@H](NC(=O)COc1ccc2c(c1)CCC2)c1ccc(Cl)cc1. The topological polar surface area (TPSA) is 56.2 Å². The Kier molecular flexibility index (Phi) is 5.35. The molecule has 0 radical (unpaired) electrons. The zero-order valence-electron chi connectivity index (χ0n) is 15.7. The minimum atomic E-state index is -0.381. The third-order valence-corrected chi connectivity index (χ3v) is 5.32. The zero-order valence-corrected chi connectivity index (χ0v) is 16.4. The number of amides is 1. The van der Waals surface area contributed by atoms with Gasteiger partial charge in [0.05, 0.1) is 0 Å². The van der Waals surface area contributed by atoms with Crippen LogP contribution in [-0.2, 0) is 24.7 Å². The molecule has 0 saturated carbocycles. The first-order valence-electron chi connectivity index (χ1n) is 9.37. The summed E-state index contributed by atoms with van der Waals surface area (Å²) in [5.41, 5.74) is 3.61. The summed E-state index contributed by atoms with van der Waals surface area (Å²) in [7, 11) is 1.90. The van der Waals surface area contributed by atoms with E-state index in [2.05, 4.69) is 16.4 Å². The molecule has 1 heterocycles. The summed E-state index contributed by atoms with van der Waals surface area (Å²) in [6, 6.07) is 13.1. The molecule has 1 aromatic heterocycles. The Bertz CT molecular complexity index is 982. The van der Waals surface area contributed by atoms with E-state index in [0.717, 1.165) is 30.0 Å². The highest BCUT2D eigenvalue weighted by atomic mass is 35.5. The number of fused-ring (bicyclic) bond motifs is 1. The summed E-state index contributed by atoms with van der Waals surface area (Å²) in [4.78, 5) is 17.0. The Morgan fingerprint density at radius 3 is 2.75 bits per heavy atom. The molecule has 0 saturated heterocycles. The van der Waals surface area contributed by atoms with Gasteiger partial charge in [-0.3, -0.25) is 4.79 Å². The number of aromatic nitrogens is 2. The van der Waals surface area contributed by atoms with Crippen molar-refractivity contribution < 1.29 is 9.53 Å². The van der Waals surface area contributed by atoms with Crippen molar-refractivity contribution in [1.29, 1.82) is 0 Å². The number of carbonyl (C=O) groups excluding carboxylic acids is 1. The van der Waals surface area contributed by atoms with Crippen LogP contribution in [0.4, 0.5) is 0 Å². The van der Waals surface area contributed by atoms with Crippen molar-refractivity contribution in [3.05, 3.63) is 82.4 Å². The summed E-state index contributed by atoms with van der Waals surface area (Å²) in [6.45, 7) is -0.0483. The second-order valence-electron chi connectivity index (χ2n) is 7.02. The monoisotopic (exact) mass is 395 g/mol. The van der Waals surface area contributed by atoms with Crippen LogP contribution in [0.25, 0.3) is 0 Å². The molecule has 2 aromatic carbocycles. The van der Waals surface area contributed by atoms with Gasteiger partial charge >= 0.3 is 0 Å². The number of nitrogens with one attached hydrogen (secondary N) is 1. The lowest BCUT2D eigenvalue weighted by Gasteiger charge is -2.19. The molecule has 3 aromatic rings. The molecule has 6 heteroatoms. The number of imidazole rings is 1. The molecular weight excluding hydrogens is 374 g/mol. The van der Waals surface area contributed by atoms with E-state index in [1.165, 1.54) is 17.5 Å². The Balaban J connectivity index is 1.46. The molecule has 0 unspecified atom stereocenters. The van der Waals surface area contributed by atoms with Gasteiger partial charge in [-0.15, -0.1) is 0 Å². The van der Waals surface area contributed by atoms with Crippen molar-refractivity contribution in [2.45, 2.75) is 25.3 Å². The van der Waals surface area contributed by atoms with Crippen LogP contribution >= 0.6 is 11.6 Å². The molecule has 1 aliphatic rings. The fourth-order valence-electron chi connectivity index (χ4n) is 3.60. The largest absolute Gasteiger partial charge is 0.484 e. The summed E-state index contributed by atoms with van der Waals surface area (Å²) >= 11 is 6.01. The van der Waals surface area contributed by atoms with Gasteiger partial charge in [-0.2, -0.15) is 0 Å². The Labute approximate surface area is 169 Å². The van der Waals surface area contributed by atoms with Crippen molar-refractivity contribution in [2.24, 2.45) is 7.05 Å². The normalized spacial score (nSPS) is 13.8. The second-order valence-corrected chi connectivity index (χ2v) is 7.46. The van der Waals surface area contributed by atoms with E-state index < -0.39 is 0 Å². The predicted molar refractivity (Wildman–Crippen MR) is 109 cm³/mol. The van der Waals surface area contributed by atoms with Gasteiger partial charge in [-0.25, -0.2) is 4.98 Å². The van der Waals surface area contributed by atoms with Crippen LogP contribution < -0.4 is 10.1 Å². The Hall–Kier alpha value is -2.79. The first kappa shape index (κ1) is 18.6. The minimum absolute atomic E-state index is 0.0483. The highest BCUT2D eigenvalue weighted by Gasteiger charge is 2.21. The molecule has 1 aliphatic carbocycles.